The molecule has 2 rings (SSSR count). The summed E-state index contributed by atoms with van der Waals surface area (Å²) in [5.74, 6) is 0. The minimum Gasteiger partial charge on any atom is -0.340 e. The maximum absolute atomic E-state index is 4.01. The lowest BCUT2D eigenvalue weighted by Crippen LogP contribution is -2.15. The van der Waals surface area contributed by atoms with Crippen LogP contribution in [0.2, 0.25) is 0 Å². The summed E-state index contributed by atoms with van der Waals surface area (Å²) >= 11 is 0. The lowest BCUT2D eigenvalue weighted by molar-refractivity contribution is 0.387. The second kappa shape index (κ2) is 6.58. The largest absolute Gasteiger partial charge is 0.340 e. The maximum atomic E-state index is 4.01. The summed E-state index contributed by atoms with van der Waals surface area (Å²) in [6, 6.07) is 8.61. The summed E-state index contributed by atoms with van der Waals surface area (Å²) in [5, 5.41) is 1.31. The van der Waals surface area contributed by atoms with Crippen LogP contribution in [0.25, 0.3) is 23.1 Å². The Labute approximate surface area is 122 Å². The lowest BCUT2D eigenvalue weighted by atomic mass is 10.1. The summed E-state index contributed by atoms with van der Waals surface area (Å²) < 4.78 is 2.39. The van der Waals surface area contributed by atoms with Crippen molar-refractivity contribution in [2.75, 3.05) is 20.6 Å². The molecule has 0 aliphatic carbocycles. The number of rotatable bonds is 6. The van der Waals surface area contributed by atoms with Crippen molar-refractivity contribution in [3.8, 4) is 0 Å². The zero-order valence-electron chi connectivity index (χ0n) is 12.8. The van der Waals surface area contributed by atoms with Crippen molar-refractivity contribution in [3.63, 3.8) is 0 Å². The van der Waals surface area contributed by atoms with Crippen LogP contribution in [0.3, 0.4) is 0 Å². The first kappa shape index (κ1) is 14.6. The number of aromatic nitrogens is 1. The molecule has 106 valence electrons. The van der Waals surface area contributed by atoms with Gasteiger partial charge in [0.1, 0.15) is 0 Å². The molecular weight excluding hydrogens is 244 g/mol. The van der Waals surface area contributed by atoms with E-state index in [1.807, 2.05) is 6.08 Å². The first-order chi connectivity index (χ1) is 9.69. The van der Waals surface area contributed by atoms with Crippen molar-refractivity contribution in [2.24, 2.45) is 0 Å². The molecule has 0 atom stereocenters. The molecule has 0 amide bonds. The number of allylic oxidation sites excluding steroid dienone is 1. The van der Waals surface area contributed by atoms with Gasteiger partial charge in [-0.3, -0.25) is 0 Å². The lowest BCUT2D eigenvalue weighted by Gasteiger charge is -2.12. The summed E-state index contributed by atoms with van der Waals surface area (Å²) in [4.78, 5) is 2.23. The van der Waals surface area contributed by atoms with Crippen LogP contribution in [0, 0.1) is 0 Å². The second-order valence-corrected chi connectivity index (χ2v) is 5.33. The third-order valence-electron chi connectivity index (χ3n) is 3.57. The quantitative estimate of drug-likeness (QED) is 0.759. The van der Waals surface area contributed by atoms with Crippen LogP contribution in [0.4, 0.5) is 0 Å². The first-order valence-electron chi connectivity index (χ1n) is 7.20. The van der Waals surface area contributed by atoms with E-state index in [-0.39, 0.29) is 0 Å². The van der Waals surface area contributed by atoms with Crippen LogP contribution < -0.4 is 0 Å². The molecule has 0 spiro atoms. The number of nitrogens with zero attached hydrogens (tertiary/aromatic N) is 2. The molecule has 1 heterocycles. The number of aryl methyl sites for hydroxylation is 1. The summed E-state index contributed by atoms with van der Waals surface area (Å²) in [6.45, 7) is 8.19. The SMILES string of the molecule is C=Cc1c(/C=C\C)c2ccccc2n1CCCN(C)C. The van der Waals surface area contributed by atoms with Crippen molar-refractivity contribution in [2.45, 2.75) is 19.9 Å². The van der Waals surface area contributed by atoms with Gasteiger partial charge < -0.3 is 9.47 Å². The number of hydrogen-bond acceptors (Lipinski definition) is 1. The second-order valence-electron chi connectivity index (χ2n) is 5.33. The van der Waals surface area contributed by atoms with Gasteiger partial charge in [0.15, 0.2) is 0 Å². The molecule has 0 radical (unpaired) electrons. The highest BCUT2D eigenvalue weighted by molar-refractivity contribution is 5.93. The van der Waals surface area contributed by atoms with Gasteiger partial charge in [-0.05, 0) is 46.1 Å². The van der Waals surface area contributed by atoms with Gasteiger partial charge in [0.05, 0.1) is 0 Å². The number of para-hydroxylation sites is 1. The Hall–Kier alpha value is -1.80. The van der Waals surface area contributed by atoms with E-state index in [9.17, 15) is 0 Å². The maximum Gasteiger partial charge on any atom is 0.0491 e. The standard InChI is InChI=1S/C18H24N2/c1-5-10-15-16-11-7-8-12-18(16)20(17(15)6-2)14-9-13-19(3)4/h5-8,10-12H,2,9,13-14H2,1,3-4H3/b10-5-. The van der Waals surface area contributed by atoms with E-state index in [1.165, 1.54) is 22.2 Å². The van der Waals surface area contributed by atoms with Crippen LogP contribution in [-0.4, -0.2) is 30.1 Å². The minimum absolute atomic E-state index is 1.03. The Morgan fingerprint density at radius 3 is 2.65 bits per heavy atom. The van der Waals surface area contributed by atoms with Crippen LogP contribution in [0.1, 0.15) is 24.6 Å². The van der Waals surface area contributed by atoms with Gasteiger partial charge >= 0.3 is 0 Å². The third-order valence-corrected chi connectivity index (χ3v) is 3.57. The first-order valence-corrected chi connectivity index (χ1v) is 7.20. The average molecular weight is 268 g/mol. The monoisotopic (exact) mass is 268 g/mol. The van der Waals surface area contributed by atoms with Crippen LogP contribution >= 0.6 is 0 Å². The number of benzene rings is 1. The van der Waals surface area contributed by atoms with Crippen molar-refractivity contribution in [3.05, 3.63) is 48.2 Å². The number of fused-ring (bicyclic) bond motifs is 1. The predicted octanol–water partition coefficient (Wildman–Crippen LogP) is 4.27. The van der Waals surface area contributed by atoms with Gasteiger partial charge in [0.2, 0.25) is 0 Å². The van der Waals surface area contributed by atoms with E-state index in [2.05, 4.69) is 73.5 Å². The highest BCUT2D eigenvalue weighted by atomic mass is 15.1. The Morgan fingerprint density at radius 2 is 2.00 bits per heavy atom. The fourth-order valence-corrected chi connectivity index (χ4v) is 2.70. The molecule has 0 aliphatic rings. The zero-order valence-corrected chi connectivity index (χ0v) is 12.8. The molecule has 0 saturated heterocycles. The molecule has 20 heavy (non-hydrogen) atoms. The molecule has 1 aromatic heterocycles. The molecule has 0 N–H and O–H groups in total. The fourth-order valence-electron chi connectivity index (χ4n) is 2.70. The number of hydrogen-bond donors (Lipinski definition) is 0. The van der Waals surface area contributed by atoms with E-state index < -0.39 is 0 Å². The molecule has 0 unspecified atom stereocenters. The Morgan fingerprint density at radius 1 is 1.25 bits per heavy atom. The van der Waals surface area contributed by atoms with Gasteiger partial charge in [-0.2, -0.15) is 0 Å². The molecule has 2 heteroatoms. The van der Waals surface area contributed by atoms with Crippen molar-refractivity contribution >= 4 is 23.1 Å². The van der Waals surface area contributed by atoms with Gasteiger partial charge in [-0.25, -0.2) is 0 Å². The van der Waals surface area contributed by atoms with Gasteiger partial charge in [0.25, 0.3) is 0 Å². The highest BCUT2D eigenvalue weighted by Gasteiger charge is 2.12. The smallest absolute Gasteiger partial charge is 0.0491 e. The molecule has 0 aliphatic heterocycles. The molecule has 2 aromatic rings. The van der Waals surface area contributed by atoms with Crippen LogP contribution in [0.15, 0.2) is 36.9 Å². The van der Waals surface area contributed by atoms with Crippen LogP contribution in [0.5, 0.6) is 0 Å². The normalized spacial score (nSPS) is 11.8. The van der Waals surface area contributed by atoms with Gasteiger partial charge in [-0.15, -0.1) is 0 Å². The molecule has 0 saturated carbocycles. The predicted molar refractivity (Wildman–Crippen MR) is 89.9 cm³/mol. The van der Waals surface area contributed by atoms with Crippen molar-refractivity contribution < 1.29 is 0 Å². The highest BCUT2D eigenvalue weighted by Crippen LogP contribution is 2.28. The topological polar surface area (TPSA) is 8.17 Å². The minimum atomic E-state index is 1.03. The van der Waals surface area contributed by atoms with Crippen LogP contribution in [-0.2, 0) is 6.54 Å². The average Bonchev–Trinajstić information content (AvgIpc) is 2.73. The Bertz CT molecular complexity index is 618. The van der Waals surface area contributed by atoms with Gasteiger partial charge in [0, 0.05) is 28.7 Å². The van der Waals surface area contributed by atoms with E-state index in [0.29, 0.717) is 0 Å². The third kappa shape index (κ3) is 2.86. The zero-order chi connectivity index (χ0) is 14.5. The summed E-state index contributed by atoms with van der Waals surface area (Å²) in [7, 11) is 4.24. The fraction of sp³-hybridized carbons (Fsp3) is 0.333. The molecule has 1 aromatic carbocycles. The van der Waals surface area contributed by atoms with Crippen molar-refractivity contribution in [1.82, 2.24) is 9.47 Å². The molecular formula is C18H24N2. The molecule has 2 nitrogen and oxygen atoms in total. The van der Waals surface area contributed by atoms with E-state index in [4.69, 9.17) is 0 Å². The van der Waals surface area contributed by atoms with E-state index >= 15 is 0 Å². The summed E-state index contributed by atoms with van der Waals surface area (Å²) in [5.41, 5.74) is 3.81. The Balaban J connectivity index is 2.48. The van der Waals surface area contributed by atoms with Gasteiger partial charge in [-0.1, -0.05) is 36.9 Å². The summed E-state index contributed by atoms with van der Waals surface area (Å²) in [6.07, 6.45) is 7.40. The Kier molecular flexibility index (Phi) is 4.80. The molecule has 0 fully saturated rings. The van der Waals surface area contributed by atoms with E-state index in [0.717, 1.165) is 19.5 Å². The van der Waals surface area contributed by atoms with E-state index in [1.54, 1.807) is 0 Å². The molecule has 0 bridgehead atoms. The van der Waals surface area contributed by atoms with Crippen molar-refractivity contribution in [1.29, 1.82) is 0 Å².